The fraction of sp³-hybridized carbons (Fsp3) is 0.467. The minimum Gasteiger partial charge on any atom is -0.466 e. The van der Waals surface area contributed by atoms with Gasteiger partial charge in [0.25, 0.3) is 0 Å². The Morgan fingerprint density at radius 2 is 2.21 bits per heavy atom. The molecule has 0 aromatic carbocycles. The van der Waals surface area contributed by atoms with Crippen molar-refractivity contribution >= 4 is 11.8 Å². The molecule has 0 N–H and O–H groups in total. The summed E-state index contributed by atoms with van der Waals surface area (Å²) in [5, 5.41) is 0. The molecule has 2 aliphatic rings. The predicted molar refractivity (Wildman–Crippen MR) is 67.5 cm³/mol. The van der Waals surface area contributed by atoms with Crippen molar-refractivity contribution in [2.24, 2.45) is 17.8 Å². The number of ether oxygens (including phenoxy) is 1. The van der Waals surface area contributed by atoms with Crippen molar-refractivity contribution in [3.05, 3.63) is 35.8 Å². The van der Waals surface area contributed by atoms with Gasteiger partial charge in [0, 0.05) is 5.57 Å². The van der Waals surface area contributed by atoms with E-state index >= 15 is 0 Å². The molecule has 0 amide bonds. The number of methoxy groups -OCH3 is 1. The highest BCUT2D eigenvalue weighted by Gasteiger charge is 2.46. The van der Waals surface area contributed by atoms with Gasteiger partial charge in [-0.1, -0.05) is 12.5 Å². The lowest BCUT2D eigenvalue weighted by Crippen LogP contribution is -2.26. The molecular formula is C15H16O4. The van der Waals surface area contributed by atoms with Gasteiger partial charge in [0.2, 0.25) is 5.78 Å². The summed E-state index contributed by atoms with van der Waals surface area (Å²) in [7, 11) is 1.35. The monoisotopic (exact) mass is 260 g/mol. The molecule has 4 heteroatoms. The van der Waals surface area contributed by atoms with E-state index in [2.05, 4.69) is 0 Å². The number of hydrogen-bond acceptors (Lipinski definition) is 4. The fourth-order valence-corrected chi connectivity index (χ4v) is 3.42. The molecule has 3 rings (SSSR count). The number of carbonyl (C=O) groups excluding carboxylic acids is 2. The second kappa shape index (κ2) is 4.68. The van der Waals surface area contributed by atoms with Crippen LogP contribution in [-0.4, -0.2) is 18.9 Å². The van der Waals surface area contributed by atoms with Gasteiger partial charge in [-0.25, -0.2) is 4.79 Å². The Morgan fingerprint density at radius 1 is 1.37 bits per heavy atom. The molecule has 0 bridgehead atoms. The van der Waals surface area contributed by atoms with Crippen LogP contribution in [0.25, 0.3) is 0 Å². The van der Waals surface area contributed by atoms with Crippen LogP contribution in [0.1, 0.15) is 29.8 Å². The average molecular weight is 260 g/mol. The van der Waals surface area contributed by atoms with Crippen LogP contribution >= 0.6 is 0 Å². The SMILES string of the molecule is COC(=O)C1=C[C@H]2CCC[C@H]2[C@@H]1C(=O)c1ccco1. The predicted octanol–water partition coefficient (Wildman–Crippen LogP) is 2.61. The van der Waals surface area contributed by atoms with Crippen LogP contribution < -0.4 is 0 Å². The first kappa shape index (κ1) is 12.2. The van der Waals surface area contributed by atoms with E-state index in [0.29, 0.717) is 17.3 Å². The summed E-state index contributed by atoms with van der Waals surface area (Å²) in [4.78, 5) is 24.4. The molecular weight excluding hydrogens is 244 g/mol. The third-order valence-corrected chi connectivity index (χ3v) is 4.25. The summed E-state index contributed by atoms with van der Waals surface area (Å²) in [6.45, 7) is 0. The Bertz CT molecular complexity index is 526. The summed E-state index contributed by atoms with van der Waals surface area (Å²) in [5.74, 6) is -0.00137. The molecule has 1 heterocycles. The van der Waals surface area contributed by atoms with E-state index in [1.807, 2.05) is 6.08 Å². The van der Waals surface area contributed by atoms with E-state index in [1.54, 1.807) is 12.1 Å². The quantitative estimate of drug-likeness (QED) is 0.619. The zero-order chi connectivity index (χ0) is 13.4. The van der Waals surface area contributed by atoms with E-state index < -0.39 is 5.92 Å². The number of ketones is 1. The van der Waals surface area contributed by atoms with Crippen molar-refractivity contribution in [3.8, 4) is 0 Å². The van der Waals surface area contributed by atoms with Crippen molar-refractivity contribution < 1.29 is 18.7 Å². The molecule has 2 aliphatic carbocycles. The number of esters is 1. The van der Waals surface area contributed by atoms with Crippen molar-refractivity contribution in [1.82, 2.24) is 0 Å². The molecule has 19 heavy (non-hydrogen) atoms. The minimum atomic E-state index is -0.397. The van der Waals surface area contributed by atoms with E-state index in [4.69, 9.17) is 9.15 Å². The second-order valence-electron chi connectivity index (χ2n) is 5.19. The van der Waals surface area contributed by atoms with Crippen LogP contribution in [0.2, 0.25) is 0 Å². The molecule has 1 saturated carbocycles. The number of Topliss-reactive ketones (excluding diaryl/α,β-unsaturated/α-hetero) is 1. The number of furan rings is 1. The van der Waals surface area contributed by atoms with Gasteiger partial charge in [-0.15, -0.1) is 0 Å². The third-order valence-electron chi connectivity index (χ3n) is 4.25. The van der Waals surface area contributed by atoms with Gasteiger partial charge in [-0.2, -0.15) is 0 Å². The summed E-state index contributed by atoms with van der Waals surface area (Å²) in [5.41, 5.74) is 0.513. The lowest BCUT2D eigenvalue weighted by Gasteiger charge is -2.18. The van der Waals surface area contributed by atoms with Gasteiger partial charge in [0.1, 0.15) is 0 Å². The van der Waals surface area contributed by atoms with Crippen LogP contribution in [0.5, 0.6) is 0 Å². The maximum atomic E-state index is 12.5. The molecule has 0 radical (unpaired) electrons. The normalized spacial score (nSPS) is 28.9. The molecule has 1 aromatic heterocycles. The first-order valence-electron chi connectivity index (χ1n) is 6.60. The largest absolute Gasteiger partial charge is 0.466 e. The number of carbonyl (C=O) groups is 2. The van der Waals surface area contributed by atoms with Gasteiger partial charge in [0.05, 0.1) is 19.3 Å². The van der Waals surface area contributed by atoms with E-state index in [-0.39, 0.29) is 17.7 Å². The van der Waals surface area contributed by atoms with Crippen LogP contribution in [-0.2, 0) is 9.53 Å². The Hall–Kier alpha value is -1.84. The van der Waals surface area contributed by atoms with Crippen molar-refractivity contribution in [3.63, 3.8) is 0 Å². The number of hydrogen-bond donors (Lipinski definition) is 0. The molecule has 0 saturated heterocycles. The van der Waals surface area contributed by atoms with Gasteiger partial charge in [0.15, 0.2) is 5.76 Å². The standard InChI is InChI=1S/C15H16O4/c1-18-15(17)11-8-9-4-2-5-10(9)13(11)14(16)12-6-3-7-19-12/h3,6-10,13H,2,4-5H2,1H3/t9-,10-,13+/m1/s1. The van der Waals surface area contributed by atoms with Crippen molar-refractivity contribution in [2.45, 2.75) is 19.3 Å². The summed E-state index contributed by atoms with van der Waals surface area (Å²) >= 11 is 0. The van der Waals surface area contributed by atoms with E-state index in [0.717, 1.165) is 19.3 Å². The Kier molecular flexibility index (Phi) is 3.01. The lowest BCUT2D eigenvalue weighted by molar-refractivity contribution is -0.136. The van der Waals surface area contributed by atoms with E-state index in [9.17, 15) is 9.59 Å². The first-order chi connectivity index (χ1) is 9.22. The highest BCUT2D eigenvalue weighted by Crippen LogP contribution is 2.48. The van der Waals surface area contributed by atoms with Crippen LogP contribution in [0.3, 0.4) is 0 Å². The molecule has 1 fully saturated rings. The zero-order valence-electron chi connectivity index (χ0n) is 10.8. The molecule has 4 nitrogen and oxygen atoms in total. The summed E-state index contributed by atoms with van der Waals surface area (Å²) in [6, 6.07) is 3.34. The van der Waals surface area contributed by atoms with E-state index in [1.165, 1.54) is 13.4 Å². The molecule has 0 aliphatic heterocycles. The van der Waals surface area contributed by atoms with Crippen LogP contribution in [0.15, 0.2) is 34.5 Å². The molecule has 0 unspecified atom stereocenters. The Labute approximate surface area is 111 Å². The molecule has 0 spiro atoms. The highest BCUT2D eigenvalue weighted by atomic mass is 16.5. The highest BCUT2D eigenvalue weighted by molar-refractivity contribution is 6.05. The number of fused-ring (bicyclic) bond motifs is 1. The minimum absolute atomic E-state index is 0.101. The maximum Gasteiger partial charge on any atom is 0.334 e. The topological polar surface area (TPSA) is 56.5 Å². The van der Waals surface area contributed by atoms with Gasteiger partial charge in [-0.3, -0.25) is 4.79 Å². The summed E-state index contributed by atoms with van der Waals surface area (Å²) in [6.07, 6.45) is 6.57. The molecule has 1 aromatic rings. The molecule has 100 valence electrons. The van der Waals surface area contributed by atoms with Gasteiger partial charge in [-0.05, 0) is 36.8 Å². The van der Waals surface area contributed by atoms with Gasteiger partial charge < -0.3 is 9.15 Å². The maximum absolute atomic E-state index is 12.5. The average Bonchev–Trinajstić information content (AvgIpc) is 3.11. The second-order valence-corrected chi connectivity index (χ2v) is 5.19. The first-order valence-corrected chi connectivity index (χ1v) is 6.60. The third kappa shape index (κ3) is 1.91. The smallest absolute Gasteiger partial charge is 0.334 e. The fourth-order valence-electron chi connectivity index (χ4n) is 3.42. The van der Waals surface area contributed by atoms with Crippen molar-refractivity contribution in [2.75, 3.05) is 7.11 Å². The lowest BCUT2D eigenvalue weighted by atomic mass is 9.84. The van der Waals surface area contributed by atoms with Crippen LogP contribution in [0.4, 0.5) is 0 Å². The molecule has 3 atom stereocenters. The Morgan fingerprint density at radius 3 is 2.89 bits per heavy atom. The number of rotatable bonds is 3. The van der Waals surface area contributed by atoms with Crippen molar-refractivity contribution in [1.29, 1.82) is 0 Å². The van der Waals surface area contributed by atoms with Gasteiger partial charge >= 0.3 is 5.97 Å². The Balaban J connectivity index is 1.94. The number of allylic oxidation sites excluding steroid dienone is 1. The summed E-state index contributed by atoms with van der Waals surface area (Å²) < 4.78 is 10.00. The zero-order valence-corrected chi connectivity index (χ0v) is 10.8. The van der Waals surface area contributed by atoms with Crippen LogP contribution in [0, 0.1) is 17.8 Å².